The molecule has 1 aliphatic rings. The van der Waals surface area contributed by atoms with E-state index in [1.807, 2.05) is 31.2 Å². The van der Waals surface area contributed by atoms with Gasteiger partial charge in [0.1, 0.15) is 24.0 Å². The number of Topliss-reactive ketones (excluding diaryl/α,β-unsaturated/α-hetero) is 1. The quantitative estimate of drug-likeness (QED) is 0.580. The Hall–Kier alpha value is -2.84. The minimum absolute atomic E-state index is 0.00363. The molecule has 0 aliphatic carbocycles. The molecule has 0 amide bonds. The number of aromatic nitrogens is 2. The number of hydrogen-bond donors (Lipinski definition) is 0. The molecule has 1 saturated heterocycles. The van der Waals surface area contributed by atoms with Gasteiger partial charge in [0.15, 0.2) is 12.4 Å². The van der Waals surface area contributed by atoms with E-state index in [0.29, 0.717) is 38.6 Å². The molecule has 0 unspecified atom stereocenters. The summed E-state index contributed by atoms with van der Waals surface area (Å²) in [6.07, 6.45) is 2.05. The number of benzene rings is 1. The number of carbonyl (C=O) groups is 1. The van der Waals surface area contributed by atoms with Crippen molar-refractivity contribution < 1.29 is 27.4 Å². The van der Waals surface area contributed by atoms with Crippen LogP contribution in [0, 0.1) is 5.82 Å². The van der Waals surface area contributed by atoms with Crippen LogP contribution in [0.3, 0.4) is 0 Å². The third-order valence-electron chi connectivity index (χ3n) is 4.99. The molecule has 0 saturated carbocycles. The highest BCUT2D eigenvalue weighted by Crippen LogP contribution is 2.29. The first-order valence-electron chi connectivity index (χ1n) is 10.1. The molecule has 1 fully saturated rings. The number of hydrogen-bond acceptors (Lipinski definition) is 6. The zero-order valence-electron chi connectivity index (χ0n) is 17.8. The lowest BCUT2D eigenvalue weighted by Crippen LogP contribution is -2.27. The molecule has 1 aromatic heterocycles. The summed E-state index contributed by atoms with van der Waals surface area (Å²) in [7, 11) is 0. The van der Waals surface area contributed by atoms with Crippen molar-refractivity contribution in [2.75, 3.05) is 24.6 Å². The van der Waals surface area contributed by atoms with E-state index < -0.39 is 24.2 Å². The predicted octanol–water partition coefficient (Wildman–Crippen LogP) is 4.39. The van der Waals surface area contributed by atoms with Gasteiger partial charge in [-0.05, 0) is 30.5 Å². The molecule has 0 bridgehead atoms. The third kappa shape index (κ3) is 6.32. The van der Waals surface area contributed by atoms with Crippen LogP contribution in [0.1, 0.15) is 45.1 Å². The Morgan fingerprint density at radius 3 is 2.65 bits per heavy atom. The van der Waals surface area contributed by atoms with Gasteiger partial charge < -0.3 is 19.2 Å². The zero-order chi connectivity index (χ0) is 22.6. The molecule has 2 heterocycles. The summed E-state index contributed by atoms with van der Waals surface area (Å²) in [5.41, 5.74) is 1.06. The Labute approximate surface area is 179 Å². The molecule has 0 spiro atoms. The summed E-state index contributed by atoms with van der Waals surface area (Å²) in [5, 5.41) is 0. The molecule has 3 rings (SSSR count). The number of alkyl halides is 2. The lowest BCUT2D eigenvalue weighted by molar-refractivity contribution is -0.117. The topological polar surface area (TPSA) is 64.5 Å². The number of carbonyl (C=O) groups excluding carboxylic acids is 1. The summed E-state index contributed by atoms with van der Waals surface area (Å²) in [4.78, 5) is 20.5. The number of nitrogens with zero attached hydrogens (tertiary/aromatic N) is 3. The second-order valence-corrected chi connectivity index (χ2v) is 8.03. The van der Waals surface area contributed by atoms with Crippen molar-refractivity contribution in [2.24, 2.45) is 0 Å². The first kappa shape index (κ1) is 22.8. The molecule has 0 radical (unpaired) electrons. The van der Waals surface area contributed by atoms with E-state index in [1.165, 1.54) is 0 Å². The molecule has 6 nitrogen and oxygen atoms in total. The van der Waals surface area contributed by atoms with Crippen LogP contribution in [0.4, 0.5) is 19.0 Å². The Balaban J connectivity index is 1.60. The van der Waals surface area contributed by atoms with Crippen LogP contribution in [0.25, 0.3) is 0 Å². The van der Waals surface area contributed by atoms with Gasteiger partial charge in [-0.3, -0.25) is 0 Å². The van der Waals surface area contributed by atoms with Gasteiger partial charge in [0.25, 0.3) is 11.8 Å². The number of rotatable bonds is 9. The molecule has 2 aromatic rings. The molecular formula is C22H26F3N3O3. The van der Waals surface area contributed by atoms with E-state index in [9.17, 15) is 18.0 Å². The van der Waals surface area contributed by atoms with Gasteiger partial charge in [-0.15, -0.1) is 0 Å². The first-order valence-corrected chi connectivity index (χ1v) is 10.1. The number of ether oxygens (including phenoxy) is 2. The highest BCUT2D eigenvalue weighted by Gasteiger charge is 2.30. The summed E-state index contributed by atoms with van der Waals surface area (Å²) in [5.74, 6) is -3.48. The van der Waals surface area contributed by atoms with Crippen molar-refractivity contribution in [3.05, 3.63) is 42.0 Å². The van der Waals surface area contributed by atoms with Gasteiger partial charge in [0.2, 0.25) is 5.82 Å². The Kier molecular flexibility index (Phi) is 7.02. The highest BCUT2D eigenvalue weighted by molar-refractivity contribution is 5.76. The number of halogens is 3. The lowest BCUT2D eigenvalue weighted by atomic mass is 9.96. The molecule has 168 valence electrons. The maximum absolute atomic E-state index is 14.7. The molecule has 31 heavy (non-hydrogen) atoms. The van der Waals surface area contributed by atoms with Gasteiger partial charge in [-0.1, -0.05) is 19.1 Å². The summed E-state index contributed by atoms with van der Waals surface area (Å²) >= 11 is 0. The lowest BCUT2D eigenvalue weighted by Gasteiger charge is -2.20. The van der Waals surface area contributed by atoms with E-state index in [2.05, 4.69) is 9.97 Å². The Morgan fingerprint density at radius 2 is 2.00 bits per heavy atom. The number of anilines is 1. The molecule has 9 heteroatoms. The van der Waals surface area contributed by atoms with Crippen LogP contribution >= 0.6 is 0 Å². The molecule has 0 N–H and O–H groups in total. The SMILES string of the molecule is CC(=O)C[C@@H](C)c1ccc(O[C@@H]2CCN(c3ncnc(OCC(C)(F)F)c3F)C2)cc1. The summed E-state index contributed by atoms with van der Waals surface area (Å²) in [6, 6.07) is 7.59. The predicted molar refractivity (Wildman–Crippen MR) is 110 cm³/mol. The fourth-order valence-corrected chi connectivity index (χ4v) is 3.49. The van der Waals surface area contributed by atoms with Crippen LogP contribution in [0.5, 0.6) is 11.6 Å². The zero-order valence-corrected chi connectivity index (χ0v) is 17.8. The fourth-order valence-electron chi connectivity index (χ4n) is 3.49. The van der Waals surface area contributed by atoms with E-state index in [-0.39, 0.29) is 23.6 Å². The van der Waals surface area contributed by atoms with Crippen LogP contribution < -0.4 is 14.4 Å². The Bertz CT molecular complexity index is 903. The van der Waals surface area contributed by atoms with E-state index >= 15 is 0 Å². The molecular weight excluding hydrogens is 411 g/mol. The van der Waals surface area contributed by atoms with Gasteiger partial charge >= 0.3 is 0 Å². The standard InChI is InChI=1S/C22H26F3N3O3/c1-14(10-15(2)29)16-4-6-17(7-5-16)31-18-8-9-28(11-18)20-19(23)21(27-13-26-20)30-12-22(3,24)25/h4-7,13-14,18H,8-12H2,1-3H3/t14-,18-/m1/s1. The van der Waals surface area contributed by atoms with Crippen molar-refractivity contribution in [3.8, 4) is 11.6 Å². The monoisotopic (exact) mass is 437 g/mol. The van der Waals surface area contributed by atoms with Crippen molar-refractivity contribution in [1.29, 1.82) is 0 Å². The normalized spacial score (nSPS) is 17.5. The largest absolute Gasteiger partial charge is 0.489 e. The number of ketones is 1. The van der Waals surface area contributed by atoms with Crippen molar-refractivity contribution >= 4 is 11.6 Å². The average molecular weight is 437 g/mol. The maximum atomic E-state index is 14.7. The van der Waals surface area contributed by atoms with Crippen molar-refractivity contribution in [1.82, 2.24) is 9.97 Å². The van der Waals surface area contributed by atoms with E-state index in [1.54, 1.807) is 11.8 Å². The third-order valence-corrected chi connectivity index (χ3v) is 4.99. The highest BCUT2D eigenvalue weighted by atomic mass is 19.3. The minimum Gasteiger partial charge on any atom is -0.489 e. The van der Waals surface area contributed by atoms with Gasteiger partial charge in [-0.2, -0.15) is 9.37 Å². The minimum atomic E-state index is -3.09. The fraction of sp³-hybridized carbons (Fsp3) is 0.500. The summed E-state index contributed by atoms with van der Waals surface area (Å²) < 4.78 is 51.5. The van der Waals surface area contributed by atoms with Gasteiger partial charge in [-0.25, -0.2) is 13.8 Å². The van der Waals surface area contributed by atoms with Crippen LogP contribution in [-0.2, 0) is 4.79 Å². The Morgan fingerprint density at radius 1 is 1.29 bits per heavy atom. The van der Waals surface area contributed by atoms with Gasteiger partial charge in [0.05, 0.1) is 6.54 Å². The molecule has 2 atom stereocenters. The van der Waals surface area contributed by atoms with Crippen LogP contribution in [-0.4, -0.2) is 47.5 Å². The smallest absolute Gasteiger partial charge is 0.278 e. The average Bonchev–Trinajstić information content (AvgIpc) is 3.14. The van der Waals surface area contributed by atoms with Crippen LogP contribution in [0.2, 0.25) is 0 Å². The van der Waals surface area contributed by atoms with E-state index in [4.69, 9.17) is 9.47 Å². The molecule has 1 aromatic carbocycles. The van der Waals surface area contributed by atoms with Crippen molar-refractivity contribution in [2.45, 2.75) is 51.6 Å². The second-order valence-electron chi connectivity index (χ2n) is 8.03. The van der Waals surface area contributed by atoms with Crippen LogP contribution in [0.15, 0.2) is 30.6 Å². The maximum Gasteiger partial charge on any atom is 0.278 e. The van der Waals surface area contributed by atoms with E-state index in [0.717, 1.165) is 11.9 Å². The first-order chi connectivity index (χ1) is 14.6. The second kappa shape index (κ2) is 9.53. The summed E-state index contributed by atoms with van der Waals surface area (Å²) in [6.45, 7) is 4.19. The van der Waals surface area contributed by atoms with Crippen molar-refractivity contribution in [3.63, 3.8) is 0 Å². The van der Waals surface area contributed by atoms with Gasteiger partial charge in [0, 0.05) is 26.3 Å². The molecule has 1 aliphatic heterocycles.